The van der Waals surface area contributed by atoms with Crippen LogP contribution in [0.3, 0.4) is 0 Å². The average Bonchev–Trinajstić information content (AvgIpc) is 3.27. The van der Waals surface area contributed by atoms with Crippen molar-refractivity contribution in [2.75, 3.05) is 19.4 Å². The Morgan fingerprint density at radius 2 is 1.61 bits per heavy atom. The molecule has 1 aliphatic rings. The number of rotatable bonds is 5. The fraction of sp³-hybridized carbons (Fsp3) is 0.278. The Kier molecular flexibility index (Phi) is 5.97. The molecule has 0 fully saturated rings. The van der Waals surface area contributed by atoms with Gasteiger partial charge < -0.3 is 10.2 Å². The number of carbonyl (C=O) groups is 3. The summed E-state index contributed by atoms with van der Waals surface area (Å²) in [6.45, 7) is 0. The molecule has 1 aromatic heterocycles. The topological polar surface area (TPSA) is 165 Å². The first-order valence-corrected chi connectivity index (χ1v) is 9.82. The zero-order valence-corrected chi connectivity index (χ0v) is 17.3. The normalized spacial score (nSPS) is 12.1. The lowest BCUT2D eigenvalue weighted by atomic mass is 10.1. The number of urea groups is 1. The Bertz CT molecular complexity index is 1090. The summed E-state index contributed by atoms with van der Waals surface area (Å²) in [6, 6.07) is 1.95. The van der Waals surface area contributed by atoms with Crippen molar-refractivity contribution >= 4 is 45.6 Å². The van der Waals surface area contributed by atoms with Crippen molar-refractivity contribution in [3.8, 4) is 0 Å². The molecular weight excluding hydrogens is 430 g/mol. The molecule has 4 amide bonds. The van der Waals surface area contributed by atoms with Gasteiger partial charge in [0.05, 0.1) is 27.0 Å². The van der Waals surface area contributed by atoms with Crippen molar-refractivity contribution < 1.29 is 24.2 Å². The molecule has 0 aliphatic heterocycles. The highest BCUT2D eigenvalue weighted by molar-refractivity contribution is 7.17. The van der Waals surface area contributed by atoms with E-state index in [1.165, 1.54) is 30.3 Å². The van der Waals surface area contributed by atoms with Gasteiger partial charge in [-0.1, -0.05) is 0 Å². The molecule has 0 saturated heterocycles. The number of nitro groups is 2. The van der Waals surface area contributed by atoms with Crippen LogP contribution in [0.25, 0.3) is 0 Å². The lowest BCUT2D eigenvalue weighted by Crippen LogP contribution is -2.39. The Morgan fingerprint density at radius 3 is 2.16 bits per heavy atom. The zero-order valence-electron chi connectivity index (χ0n) is 16.5. The number of nitrogens with one attached hydrogen (secondary N) is 2. The number of aryl methyl sites for hydroxylation is 1. The van der Waals surface area contributed by atoms with Crippen LogP contribution in [-0.4, -0.2) is 46.7 Å². The minimum absolute atomic E-state index is 0.154. The standard InChI is InChI=1S/C18H17N5O7S/c1-21(2)18(26)20-16(25)14-12-4-3-5-13(12)31-17(14)19-15(24)9-6-10(22(27)28)8-11(7-9)23(29)30/h6-8H,3-5H2,1-2H3,(H,19,24)(H,20,25,26). The number of anilines is 1. The quantitative estimate of drug-likeness (QED) is 0.525. The van der Waals surface area contributed by atoms with E-state index in [9.17, 15) is 34.6 Å². The summed E-state index contributed by atoms with van der Waals surface area (Å²) in [4.78, 5) is 59.9. The number of hydrogen-bond donors (Lipinski definition) is 2. The van der Waals surface area contributed by atoms with Crippen molar-refractivity contribution in [1.82, 2.24) is 10.2 Å². The first-order chi connectivity index (χ1) is 14.6. The fourth-order valence-corrected chi connectivity index (χ4v) is 4.40. The van der Waals surface area contributed by atoms with Gasteiger partial charge in [-0.15, -0.1) is 11.3 Å². The smallest absolute Gasteiger partial charge is 0.323 e. The third-order valence-corrected chi connectivity index (χ3v) is 5.80. The summed E-state index contributed by atoms with van der Waals surface area (Å²) >= 11 is 1.17. The lowest BCUT2D eigenvalue weighted by Gasteiger charge is -2.12. The van der Waals surface area contributed by atoms with Crippen molar-refractivity contribution in [3.63, 3.8) is 0 Å². The summed E-state index contributed by atoms with van der Waals surface area (Å²) in [6.07, 6.45) is 2.14. The summed E-state index contributed by atoms with van der Waals surface area (Å²) in [5.74, 6) is -1.53. The van der Waals surface area contributed by atoms with E-state index in [2.05, 4.69) is 10.6 Å². The van der Waals surface area contributed by atoms with Crippen LogP contribution in [0.15, 0.2) is 18.2 Å². The molecule has 0 atom stereocenters. The fourth-order valence-electron chi connectivity index (χ4n) is 3.12. The van der Waals surface area contributed by atoms with Crippen molar-refractivity contribution in [2.45, 2.75) is 19.3 Å². The van der Waals surface area contributed by atoms with E-state index in [0.29, 0.717) is 12.8 Å². The predicted octanol–water partition coefficient (Wildman–Crippen LogP) is 2.72. The highest BCUT2D eigenvalue weighted by atomic mass is 32.1. The second-order valence-corrected chi connectivity index (χ2v) is 8.03. The molecule has 3 rings (SSSR count). The van der Waals surface area contributed by atoms with Gasteiger partial charge in [0, 0.05) is 31.1 Å². The largest absolute Gasteiger partial charge is 0.331 e. The SMILES string of the molecule is CN(C)C(=O)NC(=O)c1c(NC(=O)c2cc([N+](=O)[O-])cc([N+](=O)[O-])c2)sc2c1CCC2. The second-order valence-electron chi connectivity index (χ2n) is 6.92. The summed E-state index contributed by atoms with van der Waals surface area (Å²) in [7, 11) is 2.94. The van der Waals surface area contributed by atoms with Crippen LogP contribution in [0.4, 0.5) is 21.2 Å². The second kappa shape index (κ2) is 8.47. The van der Waals surface area contributed by atoms with Crippen LogP contribution in [0.2, 0.25) is 0 Å². The van der Waals surface area contributed by atoms with Gasteiger partial charge in [-0.25, -0.2) is 4.79 Å². The summed E-state index contributed by atoms with van der Waals surface area (Å²) < 4.78 is 0. The van der Waals surface area contributed by atoms with E-state index in [1.807, 2.05) is 0 Å². The van der Waals surface area contributed by atoms with E-state index in [-0.39, 0.29) is 16.1 Å². The molecule has 0 saturated carbocycles. The van der Waals surface area contributed by atoms with E-state index < -0.39 is 39.1 Å². The predicted molar refractivity (Wildman–Crippen MR) is 111 cm³/mol. The van der Waals surface area contributed by atoms with Crippen molar-refractivity contribution in [2.24, 2.45) is 0 Å². The Labute approximate surface area is 179 Å². The van der Waals surface area contributed by atoms with Gasteiger partial charge >= 0.3 is 6.03 Å². The number of benzene rings is 1. The minimum atomic E-state index is -0.847. The number of imide groups is 1. The molecule has 2 N–H and O–H groups in total. The van der Waals surface area contributed by atoms with Crippen molar-refractivity contribution in [3.05, 3.63) is 60.0 Å². The number of non-ortho nitro benzene ring substituents is 2. The highest BCUT2D eigenvalue weighted by Gasteiger charge is 2.29. The molecule has 0 unspecified atom stereocenters. The zero-order chi connectivity index (χ0) is 22.9. The van der Waals surface area contributed by atoms with Crippen LogP contribution in [0.5, 0.6) is 0 Å². The molecule has 0 bridgehead atoms. The molecule has 1 aliphatic carbocycles. The number of thiophene rings is 1. The van der Waals surface area contributed by atoms with Crippen LogP contribution in [0.1, 0.15) is 37.6 Å². The molecule has 12 nitrogen and oxygen atoms in total. The van der Waals surface area contributed by atoms with Gasteiger partial charge in [-0.2, -0.15) is 0 Å². The monoisotopic (exact) mass is 447 g/mol. The third-order valence-electron chi connectivity index (χ3n) is 4.59. The molecule has 0 spiro atoms. The molecule has 1 aromatic carbocycles. The number of nitro benzene ring substituents is 2. The maximum atomic E-state index is 12.7. The van der Waals surface area contributed by atoms with Crippen LogP contribution < -0.4 is 10.6 Å². The Morgan fingerprint density at radius 1 is 1.00 bits per heavy atom. The summed E-state index contributed by atoms with van der Waals surface area (Å²) in [5.41, 5.74) is -0.634. The van der Waals surface area contributed by atoms with E-state index in [4.69, 9.17) is 0 Å². The first kappa shape index (κ1) is 21.8. The van der Waals surface area contributed by atoms with Gasteiger partial charge in [-0.05, 0) is 24.8 Å². The van der Waals surface area contributed by atoms with Gasteiger partial charge in [0.25, 0.3) is 23.2 Å². The van der Waals surface area contributed by atoms with Gasteiger partial charge in [0.1, 0.15) is 5.00 Å². The minimum Gasteiger partial charge on any atom is -0.331 e. The number of hydrogen-bond acceptors (Lipinski definition) is 8. The maximum Gasteiger partial charge on any atom is 0.323 e. The van der Waals surface area contributed by atoms with Gasteiger partial charge in [0.15, 0.2) is 0 Å². The molecule has 1 heterocycles. The average molecular weight is 447 g/mol. The van der Waals surface area contributed by atoms with Crippen LogP contribution >= 0.6 is 11.3 Å². The first-order valence-electron chi connectivity index (χ1n) is 9.01. The Balaban J connectivity index is 1.96. The molecule has 31 heavy (non-hydrogen) atoms. The van der Waals surface area contributed by atoms with E-state index >= 15 is 0 Å². The maximum absolute atomic E-state index is 12.7. The molecule has 162 valence electrons. The Hall–Kier alpha value is -3.87. The van der Waals surface area contributed by atoms with E-state index in [1.54, 1.807) is 0 Å². The third kappa shape index (κ3) is 4.50. The highest BCUT2D eigenvalue weighted by Crippen LogP contribution is 2.39. The van der Waals surface area contributed by atoms with E-state index in [0.717, 1.165) is 35.1 Å². The van der Waals surface area contributed by atoms with Crippen LogP contribution in [-0.2, 0) is 12.8 Å². The number of amides is 4. The number of carbonyl (C=O) groups excluding carboxylic acids is 3. The molecular formula is C18H17N5O7S. The molecule has 13 heteroatoms. The number of nitrogens with zero attached hydrogens (tertiary/aromatic N) is 3. The van der Waals surface area contributed by atoms with Crippen LogP contribution in [0, 0.1) is 20.2 Å². The van der Waals surface area contributed by atoms with Gasteiger partial charge in [0.2, 0.25) is 0 Å². The molecule has 0 radical (unpaired) electrons. The summed E-state index contributed by atoms with van der Waals surface area (Å²) in [5, 5.41) is 27.1. The number of fused-ring (bicyclic) bond motifs is 1. The van der Waals surface area contributed by atoms with Gasteiger partial charge in [-0.3, -0.25) is 35.1 Å². The molecule has 2 aromatic rings. The lowest BCUT2D eigenvalue weighted by molar-refractivity contribution is -0.394. The van der Waals surface area contributed by atoms with Crippen molar-refractivity contribution in [1.29, 1.82) is 0 Å².